The van der Waals surface area contributed by atoms with E-state index in [1.165, 1.54) is 6.07 Å². The molecule has 0 aliphatic carbocycles. The van der Waals surface area contributed by atoms with Gasteiger partial charge in [-0.2, -0.15) is 27.2 Å². The molecule has 11 heteroatoms. The molecule has 0 saturated carbocycles. The van der Waals surface area contributed by atoms with Crippen LogP contribution in [0.15, 0.2) is 17.0 Å². The Morgan fingerprint density at radius 3 is 2.20 bits per heavy atom. The van der Waals surface area contributed by atoms with Crippen molar-refractivity contribution in [1.29, 1.82) is 5.26 Å². The Labute approximate surface area is 113 Å². The summed E-state index contributed by atoms with van der Waals surface area (Å²) in [6, 6.07) is 1.40. The van der Waals surface area contributed by atoms with Gasteiger partial charge >= 0.3 is 12.8 Å². The third kappa shape index (κ3) is 3.71. The molecule has 20 heavy (non-hydrogen) atoms. The first-order valence-electron chi connectivity index (χ1n) is 4.51. The van der Waals surface area contributed by atoms with Crippen LogP contribution in [-0.4, -0.2) is 15.0 Å². The normalized spacial score (nSPS) is 12.3. The fraction of sp³-hybridized carbons (Fsp3) is 0.222. The summed E-state index contributed by atoms with van der Waals surface area (Å²) in [5, 5.41) is 8.62. The summed E-state index contributed by atoms with van der Waals surface area (Å²) in [6.07, 6.45) is -5.12. The van der Waals surface area contributed by atoms with Gasteiger partial charge in [-0.25, -0.2) is 8.42 Å². The lowest BCUT2D eigenvalue weighted by molar-refractivity contribution is -0.142. The molecular weight excluding hydrogens is 333 g/mol. The molecule has 0 heterocycles. The van der Waals surface area contributed by atoms with Gasteiger partial charge in [0.15, 0.2) is 0 Å². The number of ether oxygens (including phenoxy) is 1. The number of hydrogen-bond donors (Lipinski definition) is 0. The molecule has 0 radical (unpaired) electrons. The summed E-state index contributed by atoms with van der Waals surface area (Å²) in [7, 11) is 0.306. The SMILES string of the molecule is N#Cc1cc(C(F)(F)F)c(OC(F)F)cc1S(=O)(=O)Cl. The predicted molar refractivity (Wildman–Crippen MR) is 55.8 cm³/mol. The molecule has 0 spiro atoms. The molecule has 0 unspecified atom stereocenters. The Hall–Kier alpha value is -1.60. The van der Waals surface area contributed by atoms with Crippen molar-refractivity contribution in [3.05, 3.63) is 23.3 Å². The summed E-state index contributed by atoms with van der Waals surface area (Å²) in [4.78, 5) is -1.05. The molecule has 0 bridgehead atoms. The molecular formula is C9H3ClF5NO3S. The van der Waals surface area contributed by atoms with Crippen molar-refractivity contribution in [3.63, 3.8) is 0 Å². The molecule has 0 aromatic heterocycles. The minimum atomic E-state index is -5.12. The predicted octanol–water partition coefficient (Wildman–Crippen LogP) is 3.11. The summed E-state index contributed by atoms with van der Waals surface area (Å²) in [5.74, 6) is -1.44. The standard InChI is InChI=1S/C9H3ClF5NO3S/c10-20(17,18)7-2-6(19-8(11)12)5(9(13,14)15)1-4(7)3-16/h1-2,8H. The Morgan fingerprint density at radius 2 is 1.85 bits per heavy atom. The number of rotatable bonds is 3. The van der Waals surface area contributed by atoms with E-state index in [0.29, 0.717) is 0 Å². The maximum absolute atomic E-state index is 12.6. The third-order valence-corrected chi connectivity index (χ3v) is 3.35. The minimum absolute atomic E-state index is 0.0764. The molecule has 110 valence electrons. The molecule has 0 aliphatic rings. The monoisotopic (exact) mass is 335 g/mol. The molecule has 1 aromatic rings. The van der Waals surface area contributed by atoms with Gasteiger partial charge < -0.3 is 4.74 Å². The summed E-state index contributed by atoms with van der Waals surface area (Å²) in [5.41, 5.74) is -2.65. The fourth-order valence-electron chi connectivity index (χ4n) is 1.27. The lowest BCUT2D eigenvalue weighted by Gasteiger charge is -2.15. The van der Waals surface area contributed by atoms with Crippen LogP contribution in [-0.2, 0) is 15.2 Å². The van der Waals surface area contributed by atoms with Crippen molar-refractivity contribution in [2.75, 3.05) is 0 Å². The zero-order chi connectivity index (χ0) is 15.7. The average Bonchev–Trinajstić information content (AvgIpc) is 2.24. The molecule has 1 rings (SSSR count). The molecule has 0 aliphatic heterocycles. The zero-order valence-corrected chi connectivity index (χ0v) is 10.7. The van der Waals surface area contributed by atoms with Crippen molar-refractivity contribution in [2.24, 2.45) is 0 Å². The second kappa shape index (κ2) is 5.41. The number of alkyl halides is 5. The molecule has 0 atom stereocenters. The van der Waals surface area contributed by atoms with Crippen LogP contribution in [0, 0.1) is 11.3 Å². The van der Waals surface area contributed by atoms with Crippen LogP contribution >= 0.6 is 10.7 Å². The van der Waals surface area contributed by atoms with E-state index in [4.69, 9.17) is 15.9 Å². The molecule has 4 nitrogen and oxygen atoms in total. The number of nitrogens with zero attached hydrogens (tertiary/aromatic N) is 1. The van der Waals surface area contributed by atoms with E-state index in [1.54, 1.807) is 0 Å². The first-order valence-corrected chi connectivity index (χ1v) is 6.82. The van der Waals surface area contributed by atoms with Crippen LogP contribution < -0.4 is 4.74 Å². The molecule has 0 saturated heterocycles. The van der Waals surface area contributed by atoms with E-state index in [1.807, 2.05) is 0 Å². The zero-order valence-electron chi connectivity index (χ0n) is 9.08. The van der Waals surface area contributed by atoms with Gasteiger partial charge in [-0.1, -0.05) is 0 Å². The van der Waals surface area contributed by atoms with Gasteiger partial charge in [-0.15, -0.1) is 0 Å². The fourth-order valence-corrected chi connectivity index (χ4v) is 2.26. The number of hydrogen-bond acceptors (Lipinski definition) is 4. The van der Waals surface area contributed by atoms with E-state index in [0.717, 1.165) is 0 Å². The number of benzene rings is 1. The first kappa shape index (κ1) is 16.5. The van der Waals surface area contributed by atoms with Crippen LogP contribution in [0.3, 0.4) is 0 Å². The maximum atomic E-state index is 12.6. The van der Waals surface area contributed by atoms with Gasteiger partial charge in [0.25, 0.3) is 9.05 Å². The van der Waals surface area contributed by atoms with E-state index < -0.39 is 43.6 Å². The van der Waals surface area contributed by atoms with Gasteiger partial charge in [0.05, 0.1) is 11.1 Å². The Bertz CT molecular complexity index is 665. The topological polar surface area (TPSA) is 67.2 Å². The van der Waals surface area contributed by atoms with Crippen molar-refractivity contribution in [1.82, 2.24) is 0 Å². The van der Waals surface area contributed by atoms with E-state index in [9.17, 15) is 30.4 Å². The van der Waals surface area contributed by atoms with Gasteiger partial charge in [0, 0.05) is 16.7 Å². The van der Waals surface area contributed by atoms with Crippen molar-refractivity contribution in [3.8, 4) is 11.8 Å². The van der Waals surface area contributed by atoms with Gasteiger partial charge in [0.2, 0.25) is 0 Å². The van der Waals surface area contributed by atoms with Crippen LogP contribution in [0.2, 0.25) is 0 Å². The lowest BCUT2D eigenvalue weighted by atomic mass is 10.1. The van der Waals surface area contributed by atoms with Crippen molar-refractivity contribution in [2.45, 2.75) is 17.7 Å². The largest absolute Gasteiger partial charge is 0.434 e. The Balaban J connectivity index is 3.67. The quantitative estimate of drug-likeness (QED) is 0.629. The first-order chi connectivity index (χ1) is 8.96. The van der Waals surface area contributed by atoms with Gasteiger partial charge in [0.1, 0.15) is 16.7 Å². The van der Waals surface area contributed by atoms with Gasteiger partial charge in [-0.3, -0.25) is 0 Å². The minimum Gasteiger partial charge on any atom is -0.434 e. The average molecular weight is 336 g/mol. The van der Waals surface area contributed by atoms with E-state index in [2.05, 4.69) is 4.74 Å². The van der Waals surface area contributed by atoms with Crippen LogP contribution in [0.1, 0.15) is 11.1 Å². The number of halogens is 6. The molecule has 1 aromatic carbocycles. The Kier molecular flexibility index (Phi) is 4.45. The summed E-state index contributed by atoms with van der Waals surface area (Å²) < 4.78 is 87.8. The highest BCUT2D eigenvalue weighted by atomic mass is 35.7. The third-order valence-electron chi connectivity index (χ3n) is 1.99. The van der Waals surface area contributed by atoms with Crippen LogP contribution in [0.25, 0.3) is 0 Å². The van der Waals surface area contributed by atoms with E-state index >= 15 is 0 Å². The summed E-state index contributed by atoms with van der Waals surface area (Å²) in [6.45, 7) is -3.62. The van der Waals surface area contributed by atoms with Crippen molar-refractivity contribution < 1.29 is 35.1 Å². The molecule has 0 fully saturated rings. The number of nitriles is 1. The summed E-state index contributed by atoms with van der Waals surface area (Å²) >= 11 is 0. The van der Waals surface area contributed by atoms with Gasteiger partial charge in [-0.05, 0) is 6.07 Å². The second-order valence-corrected chi connectivity index (χ2v) is 5.80. The van der Waals surface area contributed by atoms with Crippen LogP contribution in [0.5, 0.6) is 5.75 Å². The van der Waals surface area contributed by atoms with Crippen molar-refractivity contribution >= 4 is 19.7 Å². The molecule has 0 N–H and O–H groups in total. The highest BCUT2D eigenvalue weighted by molar-refractivity contribution is 8.13. The highest BCUT2D eigenvalue weighted by Crippen LogP contribution is 2.40. The molecule has 0 amide bonds. The lowest BCUT2D eigenvalue weighted by Crippen LogP contribution is -2.13. The van der Waals surface area contributed by atoms with Crippen LogP contribution in [0.4, 0.5) is 22.0 Å². The smallest absolute Gasteiger partial charge is 0.420 e. The Morgan fingerprint density at radius 1 is 1.30 bits per heavy atom. The van der Waals surface area contributed by atoms with E-state index in [-0.39, 0.29) is 12.1 Å². The second-order valence-electron chi connectivity index (χ2n) is 3.27. The highest BCUT2D eigenvalue weighted by Gasteiger charge is 2.37. The maximum Gasteiger partial charge on any atom is 0.420 e.